The van der Waals surface area contributed by atoms with Gasteiger partial charge in [0.05, 0.1) is 0 Å². The van der Waals surface area contributed by atoms with E-state index in [2.05, 4.69) is 5.32 Å². The maximum Gasteiger partial charge on any atom is 0.407 e. The van der Waals surface area contributed by atoms with Gasteiger partial charge >= 0.3 is 6.09 Å². The molecule has 1 atom stereocenters. The Labute approximate surface area is 70.9 Å². The van der Waals surface area contributed by atoms with E-state index in [0.717, 1.165) is 13.0 Å². The highest BCUT2D eigenvalue weighted by molar-refractivity contribution is 5.65. The highest BCUT2D eigenvalue weighted by atomic mass is 16.4. The molecular formula is C8H12N2O2. The number of rotatable bonds is 0. The van der Waals surface area contributed by atoms with Crippen LogP contribution in [0, 0.1) is 5.92 Å². The molecule has 2 aliphatic rings. The van der Waals surface area contributed by atoms with Crippen molar-refractivity contribution in [1.29, 1.82) is 0 Å². The average molecular weight is 168 g/mol. The van der Waals surface area contributed by atoms with Crippen LogP contribution in [-0.4, -0.2) is 35.7 Å². The molecule has 0 aromatic rings. The molecule has 4 heteroatoms. The summed E-state index contributed by atoms with van der Waals surface area (Å²) in [4.78, 5) is 12.1. The maximum atomic E-state index is 10.6. The average Bonchev–Trinajstić information content (AvgIpc) is 2.49. The summed E-state index contributed by atoms with van der Waals surface area (Å²) >= 11 is 0. The molecule has 66 valence electrons. The Balaban J connectivity index is 2.08. The Morgan fingerprint density at radius 3 is 3.33 bits per heavy atom. The van der Waals surface area contributed by atoms with Crippen LogP contribution in [0.25, 0.3) is 0 Å². The molecule has 0 bridgehead atoms. The molecule has 0 aromatic heterocycles. The number of carboxylic acid groups (broad SMARTS) is 1. The molecule has 1 fully saturated rings. The Bertz CT molecular complexity index is 237. The highest BCUT2D eigenvalue weighted by Crippen LogP contribution is 2.23. The van der Waals surface area contributed by atoms with Gasteiger partial charge in [-0.15, -0.1) is 0 Å². The van der Waals surface area contributed by atoms with Crippen molar-refractivity contribution in [1.82, 2.24) is 10.2 Å². The van der Waals surface area contributed by atoms with E-state index in [0.29, 0.717) is 19.0 Å². The fourth-order valence-electron chi connectivity index (χ4n) is 1.82. The molecule has 4 nitrogen and oxygen atoms in total. The van der Waals surface area contributed by atoms with E-state index in [1.165, 1.54) is 10.6 Å². The third-order valence-corrected chi connectivity index (χ3v) is 2.50. The van der Waals surface area contributed by atoms with Crippen molar-refractivity contribution < 1.29 is 9.90 Å². The van der Waals surface area contributed by atoms with Crippen molar-refractivity contribution in [2.75, 3.05) is 19.6 Å². The predicted molar refractivity (Wildman–Crippen MR) is 43.8 cm³/mol. The lowest BCUT2D eigenvalue weighted by Gasteiger charge is -2.26. The number of fused-ring (bicyclic) bond motifs is 1. The maximum absolute atomic E-state index is 10.6. The SMILES string of the molecule is O=C(O)N1CC=C2NCCC2C1. The van der Waals surface area contributed by atoms with E-state index in [9.17, 15) is 4.79 Å². The monoisotopic (exact) mass is 168 g/mol. The second kappa shape index (κ2) is 2.69. The van der Waals surface area contributed by atoms with Crippen LogP contribution in [0.3, 0.4) is 0 Å². The molecule has 0 aromatic carbocycles. The lowest BCUT2D eigenvalue weighted by molar-refractivity contribution is 0.142. The second-order valence-electron chi connectivity index (χ2n) is 3.26. The van der Waals surface area contributed by atoms with Crippen LogP contribution in [0.2, 0.25) is 0 Å². The summed E-state index contributed by atoms with van der Waals surface area (Å²) in [5.74, 6) is 0.426. The van der Waals surface area contributed by atoms with E-state index in [4.69, 9.17) is 5.11 Å². The number of nitrogens with one attached hydrogen (secondary N) is 1. The quantitative estimate of drug-likeness (QED) is 0.553. The number of hydrogen-bond donors (Lipinski definition) is 2. The zero-order chi connectivity index (χ0) is 8.55. The Hall–Kier alpha value is -1.19. The molecule has 2 rings (SSSR count). The van der Waals surface area contributed by atoms with Gasteiger partial charge in [0.1, 0.15) is 0 Å². The third kappa shape index (κ3) is 1.13. The van der Waals surface area contributed by atoms with Crippen LogP contribution < -0.4 is 5.32 Å². The summed E-state index contributed by atoms with van der Waals surface area (Å²) in [7, 11) is 0. The van der Waals surface area contributed by atoms with Crippen molar-refractivity contribution in [2.24, 2.45) is 5.92 Å². The van der Waals surface area contributed by atoms with Gasteiger partial charge in [-0.05, 0) is 12.5 Å². The van der Waals surface area contributed by atoms with Gasteiger partial charge < -0.3 is 15.3 Å². The first-order valence-electron chi connectivity index (χ1n) is 4.19. The first-order chi connectivity index (χ1) is 5.77. The molecule has 2 heterocycles. The van der Waals surface area contributed by atoms with E-state index in [1.807, 2.05) is 6.08 Å². The normalized spacial score (nSPS) is 27.5. The van der Waals surface area contributed by atoms with Crippen molar-refractivity contribution in [2.45, 2.75) is 6.42 Å². The highest BCUT2D eigenvalue weighted by Gasteiger charge is 2.28. The van der Waals surface area contributed by atoms with Gasteiger partial charge in [0, 0.05) is 31.2 Å². The standard InChI is InChI=1S/C8H12N2O2/c11-8(12)10-4-2-7-6(5-10)1-3-9-7/h2,6,9H,1,3-5H2,(H,11,12). The molecule has 12 heavy (non-hydrogen) atoms. The Morgan fingerprint density at radius 2 is 2.58 bits per heavy atom. The minimum absolute atomic E-state index is 0.426. The first kappa shape index (κ1) is 7.46. The van der Waals surface area contributed by atoms with Crippen LogP contribution >= 0.6 is 0 Å². The number of amides is 1. The van der Waals surface area contributed by atoms with Gasteiger partial charge in [-0.2, -0.15) is 0 Å². The molecule has 0 spiro atoms. The topological polar surface area (TPSA) is 52.6 Å². The summed E-state index contributed by atoms with van der Waals surface area (Å²) in [6.07, 6.45) is 2.24. The van der Waals surface area contributed by atoms with Crippen LogP contribution in [0.15, 0.2) is 11.8 Å². The van der Waals surface area contributed by atoms with Crippen molar-refractivity contribution in [3.05, 3.63) is 11.8 Å². The first-order valence-corrected chi connectivity index (χ1v) is 4.19. The second-order valence-corrected chi connectivity index (χ2v) is 3.26. The lowest BCUT2D eigenvalue weighted by atomic mass is 10.0. The summed E-state index contributed by atoms with van der Waals surface area (Å²) in [5.41, 5.74) is 1.24. The lowest BCUT2D eigenvalue weighted by Crippen LogP contribution is -2.38. The Kier molecular flexibility index (Phi) is 1.67. The molecule has 0 radical (unpaired) electrons. The van der Waals surface area contributed by atoms with Crippen molar-refractivity contribution in [3.63, 3.8) is 0 Å². The largest absolute Gasteiger partial charge is 0.465 e. The van der Waals surface area contributed by atoms with Gasteiger partial charge in [-0.3, -0.25) is 0 Å². The molecular weight excluding hydrogens is 156 g/mol. The molecule has 1 amide bonds. The minimum Gasteiger partial charge on any atom is -0.465 e. The molecule has 2 aliphatic heterocycles. The van der Waals surface area contributed by atoms with Gasteiger partial charge in [0.15, 0.2) is 0 Å². The Morgan fingerprint density at radius 1 is 1.75 bits per heavy atom. The van der Waals surface area contributed by atoms with Gasteiger partial charge in [-0.1, -0.05) is 0 Å². The minimum atomic E-state index is -0.808. The van der Waals surface area contributed by atoms with E-state index in [1.54, 1.807) is 0 Å². The summed E-state index contributed by atoms with van der Waals surface area (Å²) in [6.45, 7) is 2.19. The van der Waals surface area contributed by atoms with E-state index >= 15 is 0 Å². The smallest absolute Gasteiger partial charge is 0.407 e. The fourth-order valence-corrected chi connectivity index (χ4v) is 1.82. The molecule has 0 aliphatic carbocycles. The van der Waals surface area contributed by atoms with E-state index in [-0.39, 0.29) is 0 Å². The number of nitrogens with zero attached hydrogens (tertiary/aromatic N) is 1. The van der Waals surface area contributed by atoms with Crippen LogP contribution in [0.5, 0.6) is 0 Å². The number of carbonyl (C=O) groups is 1. The fraction of sp³-hybridized carbons (Fsp3) is 0.625. The third-order valence-electron chi connectivity index (χ3n) is 2.50. The molecule has 1 unspecified atom stereocenters. The van der Waals surface area contributed by atoms with Gasteiger partial charge in [0.25, 0.3) is 0 Å². The van der Waals surface area contributed by atoms with Crippen LogP contribution in [0.4, 0.5) is 4.79 Å². The van der Waals surface area contributed by atoms with Crippen molar-refractivity contribution in [3.8, 4) is 0 Å². The van der Waals surface area contributed by atoms with Crippen LogP contribution in [-0.2, 0) is 0 Å². The van der Waals surface area contributed by atoms with Gasteiger partial charge in [0.2, 0.25) is 0 Å². The molecule has 0 saturated carbocycles. The zero-order valence-corrected chi connectivity index (χ0v) is 6.79. The van der Waals surface area contributed by atoms with Crippen LogP contribution in [0.1, 0.15) is 6.42 Å². The predicted octanol–water partition coefficient (Wildman–Crippen LogP) is 0.473. The van der Waals surface area contributed by atoms with Crippen molar-refractivity contribution >= 4 is 6.09 Å². The zero-order valence-electron chi connectivity index (χ0n) is 6.79. The van der Waals surface area contributed by atoms with E-state index < -0.39 is 6.09 Å². The summed E-state index contributed by atoms with van der Waals surface area (Å²) < 4.78 is 0. The summed E-state index contributed by atoms with van der Waals surface area (Å²) in [6, 6.07) is 0. The summed E-state index contributed by atoms with van der Waals surface area (Å²) in [5, 5.41) is 12.0. The number of hydrogen-bond acceptors (Lipinski definition) is 2. The molecule has 1 saturated heterocycles. The van der Waals surface area contributed by atoms with Gasteiger partial charge in [-0.25, -0.2) is 4.79 Å². The molecule has 2 N–H and O–H groups in total.